The number of rotatable bonds is 5. The van der Waals surface area contributed by atoms with Crippen LogP contribution in [-0.2, 0) is 6.54 Å². The summed E-state index contributed by atoms with van der Waals surface area (Å²) in [7, 11) is 0. The van der Waals surface area contributed by atoms with Crippen molar-refractivity contribution in [2.24, 2.45) is 5.73 Å². The maximum atomic E-state index is 5.33. The molecule has 0 aliphatic carbocycles. The number of hydrogen-bond donors (Lipinski definition) is 2. The lowest BCUT2D eigenvalue weighted by atomic mass is 10.4. The number of aromatic nitrogens is 1. The van der Waals surface area contributed by atoms with Crippen LogP contribution in [0.15, 0.2) is 10.6 Å². The molecule has 1 rings (SSSR count). The minimum absolute atomic E-state index is 0.688. The van der Waals surface area contributed by atoms with Gasteiger partial charge in [0.1, 0.15) is 5.76 Å². The van der Waals surface area contributed by atoms with Gasteiger partial charge in [-0.25, -0.2) is 4.98 Å². The topological polar surface area (TPSA) is 64.1 Å². The average Bonchev–Trinajstić information content (AvgIpc) is 2.45. The van der Waals surface area contributed by atoms with E-state index in [2.05, 4.69) is 10.3 Å². The van der Waals surface area contributed by atoms with Crippen molar-refractivity contribution in [3.05, 3.63) is 17.8 Å². The van der Waals surface area contributed by atoms with Crippen LogP contribution >= 0.6 is 0 Å². The van der Waals surface area contributed by atoms with Gasteiger partial charge in [0.25, 0.3) is 0 Å². The molecule has 1 heterocycles. The van der Waals surface area contributed by atoms with Crippen molar-refractivity contribution in [1.82, 2.24) is 10.3 Å². The van der Waals surface area contributed by atoms with Crippen LogP contribution in [0.5, 0.6) is 0 Å². The van der Waals surface area contributed by atoms with E-state index in [1.54, 1.807) is 6.20 Å². The molecule has 3 N–H and O–H groups in total. The number of nitrogens with one attached hydrogen (secondary N) is 1. The molecule has 68 valence electrons. The van der Waals surface area contributed by atoms with Gasteiger partial charge < -0.3 is 15.5 Å². The zero-order valence-corrected chi connectivity index (χ0v) is 7.34. The van der Waals surface area contributed by atoms with Gasteiger partial charge in [-0.2, -0.15) is 0 Å². The summed E-state index contributed by atoms with van der Waals surface area (Å²) in [5.74, 6) is 1.59. The fourth-order valence-electron chi connectivity index (χ4n) is 0.906. The third-order valence-corrected chi connectivity index (χ3v) is 1.50. The van der Waals surface area contributed by atoms with Gasteiger partial charge in [-0.1, -0.05) is 0 Å². The summed E-state index contributed by atoms with van der Waals surface area (Å²) < 4.78 is 5.26. The summed E-state index contributed by atoms with van der Waals surface area (Å²) in [6, 6.07) is 0. The van der Waals surface area contributed by atoms with Crippen LogP contribution in [0.4, 0.5) is 0 Å². The lowest BCUT2D eigenvalue weighted by molar-refractivity contribution is 0.448. The van der Waals surface area contributed by atoms with Gasteiger partial charge in [-0.3, -0.25) is 0 Å². The van der Waals surface area contributed by atoms with Gasteiger partial charge >= 0.3 is 0 Å². The highest BCUT2D eigenvalue weighted by atomic mass is 16.4. The Labute approximate surface area is 72.2 Å². The molecule has 0 fully saturated rings. The molecule has 0 atom stereocenters. The molecule has 0 aromatic carbocycles. The minimum atomic E-state index is 0.688. The second-order valence-corrected chi connectivity index (χ2v) is 2.68. The van der Waals surface area contributed by atoms with Crippen LogP contribution in [0.1, 0.15) is 18.1 Å². The van der Waals surface area contributed by atoms with Crippen molar-refractivity contribution in [3.8, 4) is 0 Å². The van der Waals surface area contributed by atoms with E-state index in [4.69, 9.17) is 10.2 Å². The summed E-state index contributed by atoms with van der Waals surface area (Å²) in [6.45, 7) is 4.21. The summed E-state index contributed by atoms with van der Waals surface area (Å²) in [5, 5.41) is 3.18. The van der Waals surface area contributed by atoms with Gasteiger partial charge in [0.05, 0.1) is 12.7 Å². The first-order chi connectivity index (χ1) is 5.83. The standard InChI is InChI=1S/C8H15N3O/c1-7-5-11-8(12-7)6-10-4-2-3-9/h5,10H,2-4,6,9H2,1H3. The van der Waals surface area contributed by atoms with Crippen molar-refractivity contribution in [2.45, 2.75) is 19.9 Å². The van der Waals surface area contributed by atoms with E-state index in [1.165, 1.54) is 0 Å². The molecular weight excluding hydrogens is 154 g/mol. The Kier molecular flexibility index (Phi) is 3.76. The van der Waals surface area contributed by atoms with Crippen LogP contribution in [0.25, 0.3) is 0 Å². The van der Waals surface area contributed by atoms with E-state index < -0.39 is 0 Å². The van der Waals surface area contributed by atoms with Crippen LogP contribution in [0.3, 0.4) is 0 Å². The number of hydrogen-bond acceptors (Lipinski definition) is 4. The normalized spacial score (nSPS) is 10.5. The van der Waals surface area contributed by atoms with Crippen molar-refractivity contribution in [2.75, 3.05) is 13.1 Å². The Balaban J connectivity index is 2.15. The highest BCUT2D eigenvalue weighted by Gasteiger charge is 1.97. The van der Waals surface area contributed by atoms with E-state index in [1.807, 2.05) is 6.92 Å². The van der Waals surface area contributed by atoms with Crippen LogP contribution in [0, 0.1) is 6.92 Å². The molecule has 0 amide bonds. The van der Waals surface area contributed by atoms with E-state index in [9.17, 15) is 0 Å². The predicted octanol–water partition coefficient (Wildman–Crippen LogP) is 0.421. The SMILES string of the molecule is Cc1cnc(CNCCCN)o1. The van der Waals surface area contributed by atoms with Crippen LogP contribution in [-0.4, -0.2) is 18.1 Å². The molecule has 12 heavy (non-hydrogen) atoms. The van der Waals surface area contributed by atoms with E-state index in [0.717, 1.165) is 31.2 Å². The quantitative estimate of drug-likeness (QED) is 0.627. The summed E-state index contributed by atoms with van der Waals surface area (Å²) in [6.07, 6.45) is 2.71. The zero-order valence-electron chi connectivity index (χ0n) is 7.34. The summed E-state index contributed by atoms with van der Waals surface area (Å²) in [5.41, 5.74) is 5.33. The summed E-state index contributed by atoms with van der Waals surface area (Å²) >= 11 is 0. The Morgan fingerprint density at radius 2 is 2.50 bits per heavy atom. The number of oxazole rings is 1. The number of aryl methyl sites for hydroxylation is 1. The first kappa shape index (κ1) is 9.22. The second kappa shape index (κ2) is 4.90. The van der Waals surface area contributed by atoms with Crippen LogP contribution < -0.4 is 11.1 Å². The molecule has 0 aliphatic heterocycles. The molecule has 0 unspecified atom stereocenters. The molecule has 0 spiro atoms. The third kappa shape index (κ3) is 3.02. The maximum absolute atomic E-state index is 5.33. The Bertz CT molecular complexity index is 222. The molecule has 0 saturated heterocycles. The van der Waals surface area contributed by atoms with Crippen molar-refractivity contribution >= 4 is 0 Å². The van der Waals surface area contributed by atoms with Crippen molar-refractivity contribution in [1.29, 1.82) is 0 Å². The predicted molar refractivity (Wildman–Crippen MR) is 46.6 cm³/mol. The molecule has 0 bridgehead atoms. The Morgan fingerprint density at radius 3 is 3.08 bits per heavy atom. The minimum Gasteiger partial charge on any atom is -0.445 e. The van der Waals surface area contributed by atoms with Gasteiger partial charge in [-0.15, -0.1) is 0 Å². The molecule has 1 aromatic heterocycles. The van der Waals surface area contributed by atoms with E-state index >= 15 is 0 Å². The lowest BCUT2D eigenvalue weighted by Gasteiger charge is -1.98. The maximum Gasteiger partial charge on any atom is 0.208 e. The summed E-state index contributed by atoms with van der Waals surface area (Å²) in [4.78, 5) is 4.05. The fourth-order valence-corrected chi connectivity index (χ4v) is 0.906. The first-order valence-corrected chi connectivity index (χ1v) is 4.15. The molecule has 0 radical (unpaired) electrons. The second-order valence-electron chi connectivity index (χ2n) is 2.68. The zero-order chi connectivity index (χ0) is 8.81. The highest BCUT2D eigenvalue weighted by molar-refractivity contribution is 4.90. The fraction of sp³-hybridized carbons (Fsp3) is 0.625. The smallest absolute Gasteiger partial charge is 0.208 e. The number of nitrogens with zero attached hydrogens (tertiary/aromatic N) is 1. The molecule has 4 heteroatoms. The Hall–Kier alpha value is -0.870. The van der Waals surface area contributed by atoms with E-state index in [0.29, 0.717) is 6.54 Å². The van der Waals surface area contributed by atoms with Gasteiger partial charge in [-0.05, 0) is 26.4 Å². The van der Waals surface area contributed by atoms with Gasteiger partial charge in [0.15, 0.2) is 0 Å². The van der Waals surface area contributed by atoms with Crippen molar-refractivity contribution < 1.29 is 4.42 Å². The van der Waals surface area contributed by atoms with Gasteiger partial charge in [0, 0.05) is 0 Å². The highest BCUT2D eigenvalue weighted by Crippen LogP contribution is 1.99. The third-order valence-electron chi connectivity index (χ3n) is 1.50. The van der Waals surface area contributed by atoms with Crippen LogP contribution in [0.2, 0.25) is 0 Å². The largest absolute Gasteiger partial charge is 0.445 e. The molecule has 0 aliphatic rings. The van der Waals surface area contributed by atoms with Crippen molar-refractivity contribution in [3.63, 3.8) is 0 Å². The molecule has 1 aromatic rings. The molecular formula is C8H15N3O. The van der Waals surface area contributed by atoms with E-state index in [-0.39, 0.29) is 0 Å². The first-order valence-electron chi connectivity index (χ1n) is 4.15. The molecule has 4 nitrogen and oxygen atoms in total. The van der Waals surface area contributed by atoms with Gasteiger partial charge in [0.2, 0.25) is 5.89 Å². The monoisotopic (exact) mass is 169 g/mol. The Morgan fingerprint density at radius 1 is 1.67 bits per heavy atom. The number of nitrogens with two attached hydrogens (primary N) is 1. The molecule has 0 saturated carbocycles. The lowest BCUT2D eigenvalue weighted by Crippen LogP contribution is -2.17. The average molecular weight is 169 g/mol.